The molecule has 6 nitrogen and oxygen atoms in total. The number of rotatable bonds is 3. The average Bonchev–Trinajstić information content (AvgIpc) is 2.70. The van der Waals surface area contributed by atoms with Crippen molar-refractivity contribution in [1.82, 2.24) is 0 Å². The van der Waals surface area contributed by atoms with Crippen LogP contribution in [0.25, 0.3) is 10.4 Å². The molecule has 0 saturated heterocycles. The average molecular weight is 440 g/mol. The van der Waals surface area contributed by atoms with Gasteiger partial charge < -0.3 is 4.74 Å². The maximum Gasteiger partial charge on any atom is 0.188 e. The molecule has 1 saturated carbocycles. The largest absolute Gasteiger partial charge is 0.490 e. The summed E-state index contributed by atoms with van der Waals surface area (Å²) in [5.74, 6) is -2.74. The molecular weight excluding hydrogens is 424 g/mol. The van der Waals surface area contributed by atoms with E-state index in [0.29, 0.717) is 5.02 Å². The minimum atomic E-state index is -4.17. The van der Waals surface area contributed by atoms with E-state index in [9.17, 15) is 12.8 Å². The van der Waals surface area contributed by atoms with Crippen LogP contribution in [0.1, 0.15) is 24.8 Å². The molecule has 10 heteroatoms. The predicted octanol–water partition coefficient (Wildman–Crippen LogP) is 5.16. The Kier molecular flexibility index (Phi) is 4.93. The smallest absolute Gasteiger partial charge is 0.188 e. The van der Waals surface area contributed by atoms with Gasteiger partial charge in [0.05, 0.1) is 17.1 Å². The van der Waals surface area contributed by atoms with Crippen LogP contribution in [-0.4, -0.2) is 21.1 Å². The van der Waals surface area contributed by atoms with Gasteiger partial charge in [-0.1, -0.05) is 16.7 Å². The Morgan fingerprint density at radius 1 is 1.17 bits per heavy atom. The summed E-state index contributed by atoms with van der Waals surface area (Å²) in [6.07, 6.45) is 0.387. The van der Waals surface area contributed by atoms with Crippen molar-refractivity contribution in [2.45, 2.75) is 34.9 Å². The Labute approximate surface area is 171 Å². The van der Waals surface area contributed by atoms with E-state index >= 15 is 4.39 Å². The quantitative estimate of drug-likeness (QED) is 0.375. The van der Waals surface area contributed by atoms with E-state index < -0.39 is 38.2 Å². The lowest BCUT2D eigenvalue weighted by Crippen LogP contribution is -2.52. The highest BCUT2D eigenvalue weighted by Crippen LogP contribution is 2.56. The van der Waals surface area contributed by atoms with Crippen LogP contribution >= 0.6 is 11.6 Å². The zero-order valence-corrected chi connectivity index (χ0v) is 16.6. The molecule has 2 aromatic carbocycles. The first-order valence-corrected chi connectivity index (χ1v) is 10.8. The molecule has 0 amide bonds. The first-order chi connectivity index (χ1) is 13.8. The van der Waals surface area contributed by atoms with Gasteiger partial charge in [-0.3, -0.25) is 0 Å². The molecule has 0 aromatic heterocycles. The monoisotopic (exact) mass is 439 g/mol. The van der Waals surface area contributed by atoms with E-state index in [2.05, 4.69) is 10.0 Å². The number of benzene rings is 2. The summed E-state index contributed by atoms with van der Waals surface area (Å²) in [5.41, 5.74) is 8.48. The fourth-order valence-electron chi connectivity index (χ4n) is 4.50. The van der Waals surface area contributed by atoms with Gasteiger partial charge in [-0.15, -0.1) is 0 Å². The van der Waals surface area contributed by atoms with Crippen molar-refractivity contribution in [2.24, 2.45) is 11.0 Å². The van der Waals surface area contributed by atoms with Crippen LogP contribution in [0, 0.1) is 17.6 Å². The lowest BCUT2D eigenvalue weighted by Gasteiger charge is -2.48. The van der Waals surface area contributed by atoms with Gasteiger partial charge in [0.25, 0.3) is 0 Å². The van der Waals surface area contributed by atoms with Crippen LogP contribution in [0.5, 0.6) is 5.75 Å². The number of hydrogen-bond acceptors (Lipinski definition) is 4. The maximum absolute atomic E-state index is 15.0. The second-order valence-corrected chi connectivity index (χ2v) is 9.86. The summed E-state index contributed by atoms with van der Waals surface area (Å²) in [5, 5.41) is 4.07. The van der Waals surface area contributed by atoms with E-state index in [-0.39, 0.29) is 42.1 Å². The van der Waals surface area contributed by atoms with Gasteiger partial charge in [0.15, 0.2) is 21.4 Å². The fraction of sp³-hybridized carbons (Fsp3) is 0.368. The summed E-state index contributed by atoms with van der Waals surface area (Å²) in [6.45, 7) is -0.127. The molecule has 0 radical (unpaired) electrons. The van der Waals surface area contributed by atoms with Gasteiger partial charge >= 0.3 is 0 Å². The van der Waals surface area contributed by atoms with Crippen LogP contribution in [0.3, 0.4) is 0 Å². The molecule has 1 heterocycles. The zero-order valence-electron chi connectivity index (χ0n) is 15.1. The summed E-state index contributed by atoms with van der Waals surface area (Å²) in [4.78, 5) is 2.78. The van der Waals surface area contributed by atoms with Crippen LogP contribution < -0.4 is 4.74 Å². The number of azide groups is 1. The summed E-state index contributed by atoms with van der Waals surface area (Å²) < 4.78 is 60.9. The zero-order chi connectivity index (χ0) is 20.8. The Bertz CT molecular complexity index is 1120. The highest BCUT2D eigenvalue weighted by molar-refractivity contribution is 7.92. The van der Waals surface area contributed by atoms with Crippen LogP contribution in [-0.2, 0) is 14.6 Å². The summed E-state index contributed by atoms with van der Waals surface area (Å²) in [7, 11) is -4.17. The molecule has 2 aliphatic rings. The van der Waals surface area contributed by atoms with Gasteiger partial charge in [-0.25, -0.2) is 17.2 Å². The highest BCUT2D eigenvalue weighted by atomic mass is 35.5. The molecule has 0 bridgehead atoms. The molecule has 152 valence electrons. The van der Waals surface area contributed by atoms with Crippen molar-refractivity contribution in [2.75, 3.05) is 6.61 Å². The standard InChI is InChI=1S/C19H16ClF2N3O3S/c20-12-1-3-14(4-2-12)29(26,27)19-8-7-13(24-25-23)9-11(19)10-28-18-16(22)6-5-15(21)17(18)19/h1-6,11,13H,7-10H2/t11-,13?,19-/m0/s1. The van der Waals surface area contributed by atoms with Gasteiger partial charge in [0.1, 0.15) is 10.6 Å². The molecular formula is C19H16ClF2N3O3S. The number of nitrogens with zero attached hydrogens (tertiary/aromatic N) is 3. The third-order valence-corrected chi connectivity index (χ3v) is 8.64. The number of hydrogen-bond donors (Lipinski definition) is 0. The van der Waals surface area contributed by atoms with Crippen molar-refractivity contribution in [3.63, 3.8) is 0 Å². The minimum Gasteiger partial charge on any atom is -0.490 e. The van der Waals surface area contributed by atoms with Crippen molar-refractivity contribution < 1.29 is 21.9 Å². The van der Waals surface area contributed by atoms with Gasteiger partial charge in [0.2, 0.25) is 0 Å². The third-order valence-electron chi connectivity index (χ3n) is 5.79. The molecule has 2 aromatic rings. The second kappa shape index (κ2) is 7.16. The Morgan fingerprint density at radius 3 is 2.55 bits per heavy atom. The molecule has 29 heavy (non-hydrogen) atoms. The van der Waals surface area contributed by atoms with E-state index in [1.807, 2.05) is 0 Å². The highest BCUT2D eigenvalue weighted by Gasteiger charge is 2.59. The fourth-order valence-corrected chi connectivity index (χ4v) is 6.99. The third kappa shape index (κ3) is 2.96. The lowest BCUT2D eigenvalue weighted by molar-refractivity contribution is 0.116. The molecule has 1 fully saturated rings. The minimum absolute atomic E-state index is 0.0248. The second-order valence-electron chi connectivity index (χ2n) is 7.22. The van der Waals surface area contributed by atoms with Gasteiger partial charge in [0, 0.05) is 21.9 Å². The summed E-state index contributed by atoms with van der Waals surface area (Å²) >= 11 is 5.89. The normalized spacial score (nSPS) is 25.9. The lowest BCUT2D eigenvalue weighted by atomic mass is 9.71. The first-order valence-electron chi connectivity index (χ1n) is 8.97. The van der Waals surface area contributed by atoms with Crippen LogP contribution in [0.15, 0.2) is 46.4 Å². The molecule has 4 rings (SSSR count). The van der Waals surface area contributed by atoms with Crippen LogP contribution in [0.2, 0.25) is 5.02 Å². The number of fused-ring (bicyclic) bond motifs is 3. The topological polar surface area (TPSA) is 92.1 Å². The van der Waals surface area contributed by atoms with E-state index in [1.165, 1.54) is 24.3 Å². The molecule has 0 spiro atoms. The van der Waals surface area contributed by atoms with Crippen molar-refractivity contribution in [3.8, 4) is 5.75 Å². The Balaban J connectivity index is 1.98. The van der Waals surface area contributed by atoms with Crippen LogP contribution in [0.4, 0.5) is 8.78 Å². The SMILES string of the molecule is [N-]=[N+]=NC1CC[C@@]2(S(=O)(=O)c3ccc(Cl)cc3)c3c(F)ccc(F)c3OC[C@@H]2C1. The van der Waals surface area contributed by atoms with Gasteiger partial charge in [-0.05, 0) is 61.2 Å². The molecule has 0 N–H and O–H groups in total. The van der Waals surface area contributed by atoms with Crippen molar-refractivity contribution in [3.05, 3.63) is 69.1 Å². The predicted molar refractivity (Wildman–Crippen MR) is 102 cm³/mol. The van der Waals surface area contributed by atoms with E-state index in [4.69, 9.17) is 21.9 Å². The Hall–Kier alpha value is -2.35. The molecule has 1 unspecified atom stereocenters. The van der Waals surface area contributed by atoms with Crippen molar-refractivity contribution >= 4 is 21.4 Å². The van der Waals surface area contributed by atoms with E-state index in [1.54, 1.807) is 0 Å². The maximum atomic E-state index is 15.0. The number of ether oxygens (including phenoxy) is 1. The van der Waals surface area contributed by atoms with Gasteiger partial charge in [-0.2, -0.15) is 0 Å². The summed E-state index contributed by atoms with van der Waals surface area (Å²) in [6, 6.07) is 6.98. The van der Waals surface area contributed by atoms with Crippen molar-refractivity contribution in [1.29, 1.82) is 0 Å². The van der Waals surface area contributed by atoms with E-state index in [0.717, 1.165) is 12.1 Å². The molecule has 3 atom stereocenters. The molecule has 1 aliphatic heterocycles. The molecule has 1 aliphatic carbocycles. The first kappa shape index (κ1) is 19.9. The number of halogens is 3. The number of sulfone groups is 1. The Morgan fingerprint density at radius 2 is 1.86 bits per heavy atom.